The normalized spacial score (nSPS) is 22.6. The number of halogens is 6. The monoisotopic (exact) mass is 664 g/mol. The predicted molar refractivity (Wildman–Crippen MR) is 155 cm³/mol. The van der Waals surface area contributed by atoms with Crippen LogP contribution in [0.4, 0.5) is 26.3 Å². The summed E-state index contributed by atoms with van der Waals surface area (Å²) in [6.45, 7) is 2.40. The van der Waals surface area contributed by atoms with Crippen LogP contribution in [0.25, 0.3) is 42.9 Å². The molecule has 1 aliphatic carbocycles. The molecule has 2 aromatic carbocycles. The maximum atomic E-state index is 16.2. The third kappa shape index (κ3) is 3.57. The summed E-state index contributed by atoms with van der Waals surface area (Å²) >= 11 is 0. The number of hydrogen-bond donors (Lipinski definition) is 0. The first-order chi connectivity index (χ1) is 21.0. The molecule has 3 aliphatic rings. The van der Waals surface area contributed by atoms with Crippen LogP contribution in [0.15, 0.2) is 91.5 Å². The molecule has 0 saturated heterocycles. The van der Waals surface area contributed by atoms with Gasteiger partial charge < -0.3 is 8.83 Å². The van der Waals surface area contributed by atoms with Gasteiger partial charge in [-0.15, -0.1) is 0 Å². The Labute approximate surface area is 251 Å². The zero-order valence-corrected chi connectivity index (χ0v) is 24.6. The van der Waals surface area contributed by atoms with Gasteiger partial charge in [0, 0.05) is 42.9 Å². The molecule has 0 bridgehead atoms. The van der Waals surface area contributed by atoms with Crippen LogP contribution in [0.2, 0.25) is 0 Å². The van der Waals surface area contributed by atoms with E-state index < -0.39 is 81.0 Å². The highest BCUT2D eigenvalue weighted by Gasteiger charge is 2.81. The van der Waals surface area contributed by atoms with Gasteiger partial charge in [0.05, 0.1) is 0 Å². The summed E-state index contributed by atoms with van der Waals surface area (Å²) in [5.74, 6) is -19.0. The molecule has 6 nitrogen and oxygen atoms in total. The minimum Gasteiger partial charge on any atom is -0.455 e. The topological polar surface area (TPSA) is 94.6 Å². The van der Waals surface area contributed by atoms with Gasteiger partial charge in [-0.3, -0.25) is 0 Å². The van der Waals surface area contributed by atoms with Gasteiger partial charge in [-0.25, -0.2) is 16.8 Å². The van der Waals surface area contributed by atoms with Crippen LogP contribution in [-0.2, 0) is 19.7 Å². The molecule has 7 rings (SSSR count). The molecule has 232 valence electrons. The fourth-order valence-electron chi connectivity index (χ4n) is 5.81. The first-order valence-corrected chi connectivity index (χ1v) is 16.1. The predicted octanol–water partition coefficient (Wildman–Crippen LogP) is 8.36. The summed E-state index contributed by atoms with van der Waals surface area (Å²) in [4.78, 5) is -1.86. The number of furan rings is 2. The summed E-state index contributed by atoms with van der Waals surface area (Å²) in [5.41, 5.74) is -6.36. The molecule has 0 N–H and O–H groups in total. The smallest absolute Gasteiger partial charge is 0.380 e. The lowest BCUT2D eigenvalue weighted by Gasteiger charge is -2.26. The van der Waals surface area contributed by atoms with E-state index in [1.165, 1.54) is 50.2 Å². The van der Waals surface area contributed by atoms with Crippen molar-refractivity contribution in [3.8, 4) is 0 Å². The maximum absolute atomic E-state index is 16.2. The highest BCUT2D eigenvalue weighted by Crippen LogP contribution is 2.67. The average molecular weight is 665 g/mol. The molecular weight excluding hydrogens is 646 g/mol. The Bertz CT molecular complexity index is 2240. The van der Waals surface area contributed by atoms with E-state index in [1.54, 1.807) is 0 Å². The third-order valence-electron chi connectivity index (χ3n) is 8.17. The van der Waals surface area contributed by atoms with E-state index in [4.69, 9.17) is 8.83 Å². The molecular formula is C31H18F6O6S2. The van der Waals surface area contributed by atoms with Crippen molar-refractivity contribution in [1.29, 1.82) is 0 Å². The SMILES string of the molecule is CC1=CC=C(c2oc3ccccc3c2C2=C(c3c(C4=CC=C(C)S4(=O)=O)oc4ccccc34)C(F)(F)C(F)(F)C2(F)F)S1(=O)=O. The number of sulfone groups is 2. The number of hydrogen-bond acceptors (Lipinski definition) is 6. The van der Waals surface area contributed by atoms with Gasteiger partial charge >= 0.3 is 17.8 Å². The van der Waals surface area contributed by atoms with Crippen LogP contribution < -0.4 is 0 Å². The second kappa shape index (κ2) is 8.91. The molecule has 0 unspecified atom stereocenters. The summed E-state index contributed by atoms with van der Waals surface area (Å²) < 4.78 is 160. The summed E-state index contributed by atoms with van der Waals surface area (Å²) in [6, 6.07) is 10.1. The lowest BCUT2D eigenvalue weighted by Crippen LogP contribution is -2.49. The summed E-state index contributed by atoms with van der Waals surface area (Å²) in [6.07, 6.45) is 4.25. The van der Waals surface area contributed by atoms with Crippen molar-refractivity contribution in [3.63, 3.8) is 0 Å². The molecule has 45 heavy (non-hydrogen) atoms. The fraction of sp³-hybridized carbons (Fsp3) is 0.161. The fourth-order valence-corrected chi connectivity index (χ4v) is 8.27. The molecule has 0 spiro atoms. The number of rotatable bonds is 4. The van der Waals surface area contributed by atoms with Crippen LogP contribution in [0.5, 0.6) is 0 Å². The number of para-hydroxylation sites is 2. The largest absolute Gasteiger partial charge is 0.455 e. The van der Waals surface area contributed by atoms with Gasteiger partial charge in [0.15, 0.2) is 11.5 Å². The highest BCUT2D eigenvalue weighted by molar-refractivity contribution is 8.04. The Hall–Kier alpha value is -4.30. The lowest BCUT2D eigenvalue weighted by atomic mass is 9.91. The van der Waals surface area contributed by atoms with E-state index in [0.29, 0.717) is 0 Å². The van der Waals surface area contributed by atoms with E-state index in [-0.39, 0.29) is 31.7 Å². The Morgan fingerprint density at radius 2 is 0.911 bits per heavy atom. The minimum atomic E-state index is -6.07. The van der Waals surface area contributed by atoms with E-state index in [1.807, 2.05) is 0 Å². The number of benzene rings is 2. The van der Waals surface area contributed by atoms with Crippen LogP contribution >= 0.6 is 0 Å². The maximum Gasteiger partial charge on any atom is 0.380 e. The number of allylic oxidation sites excluding steroid dienone is 8. The quantitative estimate of drug-likeness (QED) is 0.204. The van der Waals surface area contributed by atoms with Gasteiger partial charge in [0.2, 0.25) is 19.7 Å². The Balaban J connectivity index is 1.69. The van der Waals surface area contributed by atoms with Gasteiger partial charge in [0.1, 0.15) is 21.0 Å². The second-order valence-corrected chi connectivity index (χ2v) is 14.9. The average Bonchev–Trinajstić information content (AvgIpc) is 3.69. The van der Waals surface area contributed by atoms with Crippen molar-refractivity contribution in [3.05, 3.63) is 105 Å². The molecule has 14 heteroatoms. The van der Waals surface area contributed by atoms with E-state index in [9.17, 15) is 16.8 Å². The first kappa shape index (κ1) is 29.4. The molecule has 0 radical (unpaired) electrons. The molecule has 2 aliphatic heterocycles. The van der Waals surface area contributed by atoms with Crippen molar-refractivity contribution in [2.24, 2.45) is 0 Å². The third-order valence-corrected chi connectivity index (χ3v) is 11.9. The van der Waals surface area contributed by atoms with Crippen molar-refractivity contribution in [2.45, 2.75) is 31.6 Å². The van der Waals surface area contributed by atoms with Crippen LogP contribution in [0.1, 0.15) is 36.5 Å². The standard InChI is InChI=1S/C31H18F6O6S2/c1-15-11-13-21(44(15,38)39)27-23(17-7-3-5-9-19(17)42-27)25-26(30(34,35)31(36,37)29(25,32)33)24-18-8-4-6-10-20(18)43-28(24)22-14-12-16(2)45(22,40)41/h3-14H,1-2H3. The van der Waals surface area contributed by atoms with E-state index in [0.717, 1.165) is 36.4 Å². The molecule has 4 aromatic rings. The first-order valence-electron chi connectivity index (χ1n) is 13.2. The van der Waals surface area contributed by atoms with Crippen molar-refractivity contribution < 1.29 is 52.0 Å². The van der Waals surface area contributed by atoms with Gasteiger partial charge in [-0.1, -0.05) is 36.4 Å². The van der Waals surface area contributed by atoms with Gasteiger partial charge in [0.25, 0.3) is 0 Å². The summed E-state index contributed by atoms with van der Waals surface area (Å²) in [5, 5.41) is -0.707. The van der Waals surface area contributed by atoms with E-state index >= 15 is 26.3 Å². The lowest BCUT2D eigenvalue weighted by molar-refractivity contribution is -0.254. The summed E-state index contributed by atoms with van der Waals surface area (Å²) in [7, 11) is -8.78. The van der Waals surface area contributed by atoms with Crippen molar-refractivity contribution in [1.82, 2.24) is 0 Å². The van der Waals surface area contributed by atoms with Crippen molar-refractivity contribution in [2.75, 3.05) is 0 Å². The Morgan fingerprint density at radius 3 is 1.24 bits per heavy atom. The van der Waals surface area contributed by atoms with Crippen molar-refractivity contribution >= 4 is 62.6 Å². The zero-order valence-electron chi connectivity index (χ0n) is 23.0. The second-order valence-electron chi connectivity index (χ2n) is 10.7. The molecule has 0 atom stereocenters. The highest BCUT2D eigenvalue weighted by atomic mass is 32.2. The van der Waals surface area contributed by atoms with E-state index in [2.05, 4.69) is 0 Å². The van der Waals surface area contributed by atoms with Crippen LogP contribution in [0.3, 0.4) is 0 Å². The van der Waals surface area contributed by atoms with Crippen LogP contribution in [-0.4, -0.2) is 34.6 Å². The minimum absolute atomic E-state index is 0.226. The Kier molecular flexibility index (Phi) is 5.82. The molecule has 0 fully saturated rings. The van der Waals surface area contributed by atoms with Gasteiger partial charge in [-0.2, -0.15) is 26.3 Å². The number of fused-ring (bicyclic) bond motifs is 2. The Morgan fingerprint density at radius 1 is 0.556 bits per heavy atom. The molecule has 0 amide bonds. The number of alkyl halides is 6. The molecule has 0 saturated carbocycles. The zero-order chi connectivity index (χ0) is 32.5. The molecule has 2 aromatic heterocycles. The van der Waals surface area contributed by atoms with Crippen LogP contribution in [0, 0.1) is 0 Å². The molecule has 4 heterocycles. The van der Waals surface area contributed by atoms with Gasteiger partial charge in [-0.05, 0) is 50.3 Å².